The van der Waals surface area contributed by atoms with Crippen molar-refractivity contribution in [2.45, 2.75) is 32.9 Å². The highest BCUT2D eigenvalue weighted by Gasteiger charge is 2.30. The number of rotatable bonds is 7. The smallest absolute Gasteiger partial charge is 0.329 e. The second-order valence-corrected chi connectivity index (χ2v) is 8.12. The van der Waals surface area contributed by atoms with Crippen molar-refractivity contribution in [3.05, 3.63) is 63.1 Å². The predicted octanol–water partition coefficient (Wildman–Crippen LogP) is 4.97. The molecule has 0 heterocycles. The van der Waals surface area contributed by atoms with Crippen LogP contribution in [0.15, 0.2) is 42.5 Å². The van der Waals surface area contributed by atoms with Gasteiger partial charge in [0.25, 0.3) is 11.8 Å². The Hall–Kier alpha value is -2.28. The van der Waals surface area contributed by atoms with Crippen LogP contribution in [0.1, 0.15) is 31.1 Å². The summed E-state index contributed by atoms with van der Waals surface area (Å²) in [6, 6.07) is 10.1. The summed E-state index contributed by atoms with van der Waals surface area (Å²) in [7, 11) is 0. The summed E-state index contributed by atoms with van der Waals surface area (Å²) < 4.78 is 5.27. The van der Waals surface area contributed by atoms with Crippen LogP contribution in [0.4, 0.5) is 5.69 Å². The van der Waals surface area contributed by atoms with Crippen LogP contribution in [-0.2, 0) is 14.3 Å². The van der Waals surface area contributed by atoms with Gasteiger partial charge in [-0.25, -0.2) is 4.79 Å². The van der Waals surface area contributed by atoms with Crippen LogP contribution >= 0.6 is 34.8 Å². The highest BCUT2D eigenvalue weighted by atomic mass is 35.5. The van der Waals surface area contributed by atoms with Crippen molar-refractivity contribution in [1.82, 2.24) is 5.32 Å². The maximum Gasteiger partial charge on any atom is 0.329 e. The lowest BCUT2D eigenvalue weighted by Crippen LogP contribution is -2.47. The Balaban J connectivity index is 2.05. The zero-order chi connectivity index (χ0) is 22.4. The number of esters is 1. The molecule has 0 aromatic heterocycles. The van der Waals surface area contributed by atoms with Gasteiger partial charge in [0.15, 0.2) is 6.10 Å². The van der Waals surface area contributed by atoms with E-state index in [-0.39, 0.29) is 16.5 Å². The van der Waals surface area contributed by atoms with Crippen LogP contribution in [0.2, 0.25) is 15.1 Å². The second-order valence-electron chi connectivity index (χ2n) is 6.87. The van der Waals surface area contributed by atoms with Gasteiger partial charge in [-0.15, -0.1) is 0 Å². The Morgan fingerprint density at radius 1 is 0.933 bits per heavy atom. The molecular formula is C21H21Cl3N2O4. The fraction of sp³-hybridized carbons (Fsp3) is 0.286. The molecule has 0 aliphatic carbocycles. The average molecular weight is 472 g/mol. The number of halogens is 3. The number of benzene rings is 2. The molecule has 2 aromatic rings. The number of hydrogen-bond acceptors (Lipinski definition) is 4. The highest BCUT2D eigenvalue weighted by Crippen LogP contribution is 2.25. The highest BCUT2D eigenvalue weighted by molar-refractivity contribution is 6.35. The monoisotopic (exact) mass is 470 g/mol. The Bertz CT molecular complexity index is 950. The van der Waals surface area contributed by atoms with E-state index in [0.29, 0.717) is 15.7 Å². The van der Waals surface area contributed by atoms with Crippen molar-refractivity contribution in [2.24, 2.45) is 5.92 Å². The molecule has 0 saturated carbocycles. The van der Waals surface area contributed by atoms with Crippen molar-refractivity contribution in [2.75, 3.05) is 5.32 Å². The van der Waals surface area contributed by atoms with Crippen molar-refractivity contribution in [3.8, 4) is 0 Å². The molecule has 0 fully saturated rings. The van der Waals surface area contributed by atoms with Crippen molar-refractivity contribution < 1.29 is 19.1 Å². The van der Waals surface area contributed by atoms with Crippen molar-refractivity contribution in [3.63, 3.8) is 0 Å². The number of ether oxygens (including phenoxy) is 1. The van der Waals surface area contributed by atoms with Gasteiger partial charge in [0, 0.05) is 5.02 Å². The summed E-state index contributed by atoms with van der Waals surface area (Å²) in [6.07, 6.45) is -1.13. The van der Waals surface area contributed by atoms with Crippen molar-refractivity contribution in [1.29, 1.82) is 0 Å². The average Bonchev–Trinajstić information content (AvgIpc) is 2.68. The minimum absolute atomic E-state index is 0.235. The van der Waals surface area contributed by atoms with Gasteiger partial charge >= 0.3 is 5.97 Å². The number of amides is 2. The largest absolute Gasteiger partial charge is 0.451 e. The van der Waals surface area contributed by atoms with Gasteiger partial charge in [-0.05, 0) is 43.2 Å². The predicted molar refractivity (Wildman–Crippen MR) is 118 cm³/mol. The lowest BCUT2D eigenvalue weighted by Gasteiger charge is -2.23. The van der Waals surface area contributed by atoms with Gasteiger partial charge in [-0.2, -0.15) is 0 Å². The molecule has 0 spiro atoms. The molecule has 0 aliphatic heterocycles. The van der Waals surface area contributed by atoms with Gasteiger partial charge in [0.2, 0.25) is 0 Å². The topological polar surface area (TPSA) is 84.5 Å². The Morgan fingerprint density at radius 2 is 1.60 bits per heavy atom. The molecule has 9 heteroatoms. The summed E-state index contributed by atoms with van der Waals surface area (Å²) in [5.41, 5.74) is 0.531. The molecule has 0 aliphatic rings. The fourth-order valence-electron chi connectivity index (χ4n) is 2.49. The Kier molecular flexibility index (Phi) is 8.53. The maximum atomic E-state index is 12.6. The molecule has 30 heavy (non-hydrogen) atoms. The van der Waals surface area contributed by atoms with E-state index in [2.05, 4.69) is 10.6 Å². The lowest BCUT2D eigenvalue weighted by molar-refractivity contribution is -0.156. The van der Waals surface area contributed by atoms with E-state index in [1.165, 1.54) is 19.1 Å². The minimum Gasteiger partial charge on any atom is -0.451 e. The standard InChI is InChI=1S/C21H21Cl3N2O4/c1-11(2)18(26-20(28)14-6-4-5-7-15(14)23)21(29)30-12(3)19(27)25-17-10-13(22)8-9-16(17)24/h4-12,18H,1-3H3,(H,25,27)(H,26,28)/t12-,18+/m0/s1. The van der Waals surface area contributed by atoms with E-state index in [4.69, 9.17) is 39.5 Å². The summed E-state index contributed by atoms with van der Waals surface area (Å²) in [5.74, 6) is -2.14. The van der Waals surface area contributed by atoms with Crippen LogP contribution < -0.4 is 10.6 Å². The van der Waals surface area contributed by atoms with Crippen molar-refractivity contribution >= 4 is 58.3 Å². The van der Waals surface area contributed by atoms with E-state index in [0.717, 1.165) is 0 Å². The summed E-state index contributed by atoms with van der Waals surface area (Å²) in [4.78, 5) is 37.5. The molecule has 0 unspecified atom stereocenters. The molecule has 6 nitrogen and oxygen atoms in total. The van der Waals surface area contributed by atoms with Gasteiger partial charge in [-0.1, -0.05) is 60.8 Å². The van der Waals surface area contributed by atoms with Crippen LogP contribution in [0.25, 0.3) is 0 Å². The number of carbonyl (C=O) groups excluding carboxylic acids is 3. The van der Waals surface area contributed by atoms with Crippen LogP contribution in [-0.4, -0.2) is 29.9 Å². The first-order valence-corrected chi connectivity index (χ1v) is 10.2. The summed E-state index contributed by atoms with van der Waals surface area (Å²) in [5, 5.41) is 6.12. The molecular weight excluding hydrogens is 451 g/mol. The molecule has 2 rings (SSSR count). The first kappa shape index (κ1) is 24.0. The first-order chi connectivity index (χ1) is 14.1. The third-order valence-corrected chi connectivity index (χ3v) is 5.07. The van der Waals surface area contributed by atoms with E-state index in [1.54, 1.807) is 44.2 Å². The third-order valence-electron chi connectivity index (χ3n) is 4.17. The molecule has 2 N–H and O–H groups in total. The number of hydrogen-bond donors (Lipinski definition) is 2. The quantitative estimate of drug-likeness (QED) is 0.558. The van der Waals surface area contributed by atoms with E-state index < -0.39 is 29.9 Å². The van der Waals surface area contributed by atoms with Gasteiger partial charge in [0.1, 0.15) is 6.04 Å². The molecule has 2 amide bonds. The number of nitrogens with one attached hydrogen (secondary N) is 2. The van der Waals surface area contributed by atoms with Gasteiger partial charge < -0.3 is 15.4 Å². The molecule has 0 saturated heterocycles. The second kappa shape index (κ2) is 10.7. The molecule has 160 valence electrons. The van der Waals surface area contributed by atoms with Gasteiger partial charge in [-0.3, -0.25) is 9.59 Å². The van der Waals surface area contributed by atoms with Crippen LogP contribution in [0, 0.1) is 5.92 Å². The third kappa shape index (κ3) is 6.36. The summed E-state index contributed by atoms with van der Waals surface area (Å²) in [6.45, 7) is 4.91. The molecule has 0 bridgehead atoms. The zero-order valence-corrected chi connectivity index (χ0v) is 18.8. The maximum absolute atomic E-state index is 12.6. The zero-order valence-electron chi connectivity index (χ0n) is 16.5. The van der Waals surface area contributed by atoms with E-state index >= 15 is 0 Å². The normalized spacial score (nSPS) is 12.8. The number of carbonyl (C=O) groups is 3. The first-order valence-electron chi connectivity index (χ1n) is 9.12. The van der Waals surface area contributed by atoms with Crippen LogP contribution in [0.5, 0.6) is 0 Å². The molecule has 2 atom stereocenters. The van der Waals surface area contributed by atoms with Crippen LogP contribution in [0.3, 0.4) is 0 Å². The fourth-order valence-corrected chi connectivity index (χ4v) is 3.05. The molecule has 0 radical (unpaired) electrons. The SMILES string of the molecule is CC(C)[C@@H](NC(=O)c1ccccc1Cl)C(=O)O[C@@H](C)C(=O)Nc1cc(Cl)ccc1Cl. The lowest BCUT2D eigenvalue weighted by atomic mass is 10.0. The minimum atomic E-state index is -1.13. The Morgan fingerprint density at radius 3 is 2.23 bits per heavy atom. The summed E-state index contributed by atoms with van der Waals surface area (Å²) >= 11 is 18.0. The Labute approximate surface area is 189 Å². The van der Waals surface area contributed by atoms with E-state index in [1.807, 2.05) is 0 Å². The van der Waals surface area contributed by atoms with E-state index in [9.17, 15) is 14.4 Å². The number of anilines is 1. The molecule has 2 aromatic carbocycles. The van der Waals surface area contributed by atoms with Gasteiger partial charge in [0.05, 0.1) is 21.3 Å².